The second-order valence-corrected chi connectivity index (χ2v) is 7.29. The van der Waals surface area contributed by atoms with Gasteiger partial charge in [0.25, 0.3) is 0 Å². The van der Waals surface area contributed by atoms with Crippen molar-refractivity contribution < 1.29 is 4.74 Å². The minimum absolute atomic E-state index is 0.503. The van der Waals surface area contributed by atoms with E-state index in [0.29, 0.717) is 17.9 Å². The van der Waals surface area contributed by atoms with Gasteiger partial charge in [-0.2, -0.15) is 0 Å². The molecule has 21 heavy (non-hydrogen) atoms. The lowest BCUT2D eigenvalue weighted by Gasteiger charge is -2.34. The average molecular weight is 293 g/mol. The summed E-state index contributed by atoms with van der Waals surface area (Å²) in [5.74, 6) is 2.91. The van der Waals surface area contributed by atoms with Gasteiger partial charge in [-0.15, -0.1) is 0 Å². The van der Waals surface area contributed by atoms with Crippen LogP contribution in [0, 0.1) is 23.7 Å². The van der Waals surface area contributed by atoms with E-state index in [1.54, 1.807) is 0 Å². The van der Waals surface area contributed by atoms with Gasteiger partial charge in [0.05, 0.1) is 6.10 Å². The Bertz CT molecular complexity index is 339. The lowest BCUT2D eigenvalue weighted by atomic mass is 9.72. The quantitative estimate of drug-likeness (QED) is 0.734. The van der Waals surface area contributed by atoms with E-state index in [1.165, 1.54) is 24.8 Å². The molecule has 0 aromatic heterocycles. The lowest BCUT2D eigenvalue weighted by molar-refractivity contribution is -0.00789. The van der Waals surface area contributed by atoms with Crippen LogP contribution in [0.15, 0.2) is 24.4 Å². The molecule has 122 valence electrons. The predicted molar refractivity (Wildman–Crippen MR) is 91.9 cm³/mol. The van der Waals surface area contributed by atoms with Crippen molar-refractivity contribution in [3.05, 3.63) is 24.4 Å². The molecule has 1 unspecified atom stereocenters. The fraction of sp³-hybridized carbons (Fsp3) is 0.789. The van der Waals surface area contributed by atoms with Gasteiger partial charge in [0, 0.05) is 12.3 Å². The summed E-state index contributed by atoms with van der Waals surface area (Å²) < 4.78 is 5.39. The van der Waals surface area contributed by atoms with E-state index in [0.717, 1.165) is 37.0 Å². The molecule has 0 spiro atoms. The Morgan fingerprint density at radius 3 is 2.33 bits per heavy atom. The van der Waals surface area contributed by atoms with Crippen molar-refractivity contribution in [2.45, 2.75) is 65.9 Å². The van der Waals surface area contributed by atoms with Gasteiger partial charge < -0.3 is 10.5 Å². The van der Waals surface area contributed by atoms with E-state index in [1.807, 2.05) is 0 Å². The number of hydrogen-bond donors (Lipinski definition) is 1. The molecule has 1 saturated carbocycles. The first-order valence-electron chi connectivity index (χ1n) is 8.53. The highest BCUT2D eigenvalue weighted by molar-refractivity contribution is 5.07. The molecule has 0 amide bonds. The maximum absolute atomic E-state index is 5.62. The van der Waals surface area contributed by atoms with Crippen molar-refractivity contribution in [2.75, 3.05) is 6.61 Å². The second kappa shape index (κ2) is 8.63. The van der Waals surface area contributed by atoms with Crippen LogP contribution in [0.4, 0.5) is 0 Å². The van der Waals surface area contributed by atoms with Crippen LogP contribution in [0.1, 0.15) is 59.8 Å². The van der Waals surface area contributed by atoms with Crippen LogP contribution in [-0.4, -0.2) is 12.7 Å². The first-order chi connectivity index (χ1) is 9.81. The third-order valence-corrected chi connectivity index (χ3v) is 5.29. The Labute approximate surface area is 131 Å². The Kier molecular flexibility index (Phi) is 7.51. The summed E-state index contributed by atoms with van der Waals surface area (Å²) in [6.45, 7) is 17.9. The van der Waals surface area contributed by atoms with Crippen molar-refractivity contribution in [1.29, 1.82) is 0 Å². The smallest absolute Gasteiger partial charge is 0.0572 e. The molecule has 2 N–H and O–H groups in total. The predicted octanol–water partition coefficient (Wildman–Crippen LogP) is 4.91. The minimum Gasteiger partial charge on any atom is -0.403 e. The van der Waals surface area contributed by atoms with E-state index in [4.69, 9.17) is 10.5 Å². The molecule has 1 aliphatic heterocycles. The van der Waals surface area contributed by atoms with Crippen molar-refractivity contribution in [3.8, 4) is 0 Å². The van der Waals surface area contributed by atoms with E-state index < -0.39 is 0 Å². The summed E-state index contributed by atoms with van der Waals surface area (Å²) in [5.41, 5.74) is 7.84. The molecule has 1 heterocycles. The van der Waals surface area contributed by atoms with Crippen LogP contribution >= 0.6 is 0 Å². The molecule has 2 aliphatic rings. The van der Waals surface area contributed by atoms with E-state index in [9.17, 15) is 0 Å². The summed E-state index contributed by atoms with van der Waals surface area (Å²) in [5, 5.41) is 0. The summed E-state index contributed by atoms with van der Waals surface area (Å²) >= 11 is 0. The number of nitrogens with two attached hydrogens (primary N) is 1. The Morgan fingerprint density at radius 2 is 1.90 bits per heavy atom. The first-order valence-corrected chi connectivity index (χ1v) is 8.53. The van der Waals surface area contributed by atoms with Crippen LogP contribution in [0.2, 0.25) is 0 Å². The van der Waals surface area contributed by atoms with Crippen LogP contribution < -0.4 is 5.73 Å². The van der Waals surface area contributed by atoms with Crippen molar-refractivity contribution in [1.82, 2.24) is 0 Å². The Balaban J connectivity index is 0.000000235. The zero-order chi connectivity index (χ0) is 16.0. The van der Waals surface area contributed by atoms with Gasteiger partial charge in [0.15, 0.2) is 0 Å². The molecule has 2 nitrogen and oxygen atoms in total. The molecule has 2 heteroatoms. The zero-order valence-electron chi connectivity index (χ0n) is 14.5. The third-order valence-electron chi connectivity index (χ3n) is 5.29. The standard InChI is InChI=1S/C12H21N.C7H14O/c1-8-5-12(7-10(3)13)6-9(2)11(8)4;1-6-4-3-5-8-7(6)2/h9,11-12H,1,3,5-7,13H2,2,4H3;6-7H,3-5H2,1-2H3/t9-,11+,12?;6-,7-/m01/s1. The second-order valence-electron chi connectivity index (χ2n) is 7.29. The third kappa shape index (κ3) is 6.25. The van der Waals surface area contributed by atoms with Gasteiger partial charge in [0.1, 0.15) is 0 Å². The normalized spacial score (nSPS) is 36.6. The van der Waals surface area contributed by atoms with E-state index in [2.05, 4.69) is 40.9 Å². The largest absolute Gasteiger partial charge is 0.403 e. The molecule has 1 saturated heterocycles. The molecule has 0 aromatic carbocycles. The minimum atomic E-state index is 0.503. The molecule has 1 aliphatic carbocycles. The topological polar surface area (TPSA) is 35.2 Å². The van der Waals surface area contributed by atoms with Crippen molar-refractivity contribution in [2.24, 2.45) is 29.4 Å². The summed E-state index contributed by atoms with van der Waals surface area (Å²) in [6, 6.07) is 0. The van der Waals surface area contributed by atoms with Gasteiger partial charge in [-0.05, 0) is 62.7 Å². The maximum atomic E-state index is 5.62. The molecule has 5 atom stereocenters. The van der Waals surface area contributed by atoms with Crippen LogP contribution in [0.3, 0.4) is 0 Å². The molecule has 2 rings (SSSR count). The van der Waals surface area contributed by atoms with Crippen LogP contribution in [-0.2, 0) is 4.74 Å². The maximum Gasteiger partial charge on any atom is 0.0572 e. The SMILES string of the molecule is C=C(N)CC1CC(=C)[C@@H](C)[C@@H](C)C1.C[C@@H]1CCCO[C@@H]1C. The average Bonchev–Trinajstić information content (AvgIpc) is 2.39. The van der Waals surface area contributed by atoms with Crippen molar-refractivity contribution in [3.63, 3.8) is 0 Å². The van der Waals surface area contributed by atoms with Crippen LogP contribution in [0.25, 0.3) is 0 Å². The Hall–Kier alpha value is -0.760. The number of allylic oxidation sites excluding steroid dienone is 2. The summed E-state index contributed by atoms with van der Waals surface area (Å²) in [7, 11) is 0. The fourth-order valence-corrected chi connectivity index (χ4v) is 3.37. The first kappa shape index (κ1) is 18.3. The Morgan fingerprint density at radius 1 is 1.24 bits per heavy atom. The lowest BCUT2D eigenvalue weighted by Crippen LogP contribution is -2.23. The van der Waals surface area contributed by atoms with Gasteiger partial charge in [-0.3, -0.25) is 0 Å². The highest BCUT2D eigenvalue weighted by Gasteiger charge is 2.27. The van der Waals surface area contributed by atoms with E-state index >= 15 is 0 Å². The number of rotatable bonds is 2. The van der Waals surface area contributed by atoms with Gasteiger partial charge in [-0.25, -0.2) is 0 Å². The molecule has 0 radical (unpaired) electrons. The fourth-order valence-electron chi connectivity index (χ4n) is 3.37. The summed E-state index contributed by atoms with van der Waals surface area (Å²) in [6.07, 6.45) is 6.49. The molecule has 2 fully saturated rings. The van der Waals surface area contributed by atoms with Gasteiger partial charge in [0.2, 0.25) is 0 Å². The molecular weight excluding hydrogens is 258 g/mol. The van der Waals surface area contributed by atoms with Crippen molar-refractivity contribution >= 4 is 0 Å². The molecular formula is C19H35NO. The number of ether oxygens (including phenoxy) is 1. The highest BCUT2D eigenvalue weighted by atomic mass is 16.5. The summed E-state index contributed by atoms with van der Waals surface area (Å²) in [4.78, 5) is 0. The monoisotopic (exact) mass is 293 g/mol. The molecule has 0 bridgehead atoms. The zero-order valence-corrected chi connectivity index (χ0v) is 14.5. The molecule has 0 aromatic rings. The van der Waals surface area contributed by atoms with Crippen LogP contribution in [0.5, 0.6) is 0 Å². The van der Waals surface area contributed by atoms with E-state index in [-0.39, 0.29) is 0 Å². The van der Waals surface area contributed by atoms with Gasteiger partial charge in [-0.1, -0.05) is 39.5 Å². The highest BCUT2D eigenvalue weighted by Crippen LogP contribution is 2.38. The number of hydrogen-bond acceptors (Lipinski definition) is 2. The van der Waals surface area contributed by atoms with Gasteiger partial charge >= 0.3 is 0 Å².